The first-order valence-corrected chi connectivity index (χ1v) is 7.14. The Balaban J connectivity index is 0.00000225. The Morgan fingerprint density at radius 1 is 1.38 bits per heavy atom. The van der Waals surface area contributed by atoms with Gasteiger partial charge in [-0.15, -0.1) is 12.4 Å². The van der Waals surface area contributed by atoms with Gasteiger partial charge in [-0.1, -0.05) is 19.3 Å². The summed E-state index contributed by atoms with van der Waals surface area (Å²) in [4.78, 5) is 11.8. The molecule has 0 aromatic rings. The molecule has 3 N–H and O–H groups in total. The first kappa shape index (κ1) is 16.1. The summed E-state index contributed by atoms with van der Waals surface area (Å²) in [6, 6.07) is 0. The molecule has 0 atom stereocenters. The lowest BCUT2D eigenvalue weighted by Crippen LogP contribution is -2.55. The molecule has 1 aliphatic rings. The number of hydrogen-bond acceptors (Lipinski definition) is 3. The van der Waals surface area contributed by atoms with Crippen molar-refractivity contribution in [3.8, 4) is 0 Å². The van der Waals surface area contributed by atoms with Crippen LogP contribution < -0.4 is 11.1 Å². The topological polar surface area (TPSA) is 55.1 Å². The van der Waals surface area contributed by atoms with E-state index in [1.54, 1.807) is 11.8 Å². The van der Waals surface area contributed by atoms with E-state index in [0.29, 0.717) is 0 Å². The van der Waals surface area contributed by atoms with E-state index < -0.39 is 5.54 Å². The Hall–Kier alpha value is 0.0700. The largest absolute Gasteiger partial charge is 0.354 e. The molecule has 0 aliphatic heterocycles. The molecule has 5 heteroatoms. The quantitative estimate of drug-likeness (QED) is 0.748. The van der Waals surface area contributed by atoms with Crippen molar-refractivity contribution in [3.63, 3.8) is 0 Å². The summed E-state index contributed by atoms with van der Waals surface area (Å²) in [5.74, 6) is 1.15. The van der Waals surface area contributed by atoms with Crippen molar-refractivity contribution >= 4 is 30.1 Å². The van der Waals surface area contributed by atoms with Crippen LogP contribution in [-0.4, -0.2) is 30.0 Å². The minimum Gasteiger partial charge on any atom is -0.354 e. The fourth-order valence-electron chi connectivity index (χ4n) is 2.00. The van der Waals surface area contributed by atoms with Gasteiger partial charge in [0.25, 0.3) is 0 Å². The van der Waals surface area contributed by atoms with Gasteiger partial charge in [-0.3, -0.25) is 4.79 Å². The number of amides is 1. The summed E-state index contributed by atoms with van der Waals surface area (Å²) in [6.45, 7) is 0.763. The van der Waals surface area contributed by atoms with Crippen LogP contribution >= 0.6 is 24.2 Å². The number of carbonyl (C=O) groups is 1. The van der Waals surface area contributed by atoms with Gasteiger partial charge in [-0.25, -0.2) is 0 Å². The molecule has 0 unspecified atom stereocenters. The predicted molar refractivity (Wildman–Crippen MR) is 73.3 cm³/mol. The second-order valence-corrected chi connectivity index (χ2v) is 5.30. The third-order valence-corrected chi connectivity index (χ3v) is 3.71. The van der Waals surface area contributed by atoms with Crippen molar-refractivity contribution in [2.24, 2.45) is 5.73 Å². The van der Waals surface area contributed by atoms with Crippen molar-refractivity contribution in [2.75, 3.05) is 18.6 Å². The number of thioether (sulfide) groups is 1. The fourth-order valence-corrected chi connectivity index (χ4v) is 2.44. The summed E-state index contributed by atoms with van der Waals surface area (Å²) < 4.78 is 0. The monoisotopic (exact) mass is 266 g/mol. The summed E-state index contributed by atoms with van der Waals surface area (Å²) in [5, 5.41) is 2.95. The molecule has 16 heavy (non-hydrogen) atoms. The minimum atomic E-state index is -0.572. The minimum absolute atomic E-state index is 0. The van der Waals surface area contributed by atoms with Gasteiger partial charge in [-0.05, 0) is 31.3 Å². The Morgan fingerprint density at radius 2 is 2.00 bits per heavy atom. The maximum Gasteiger partial charge on any atom is 0.240 e. The van der Waals surface area contributed by atoms with Crippen LogP contribution in [0.5, 0.6) is 0 Å². The molecule has 1 saturated carbocycles. The van der Waals surface area contributed by atoms with E-state index >= 15 is 0 Å². The molecule has 0 aromatic heterocycles. The lowest BCUT2D eigenvalue weighted by Gasteiger charge is -2.31. The molecule has 0 spiro atoms. The number of nitrogens with two attached hydrogens (primary N) is 1. The molecular formula is C11H23ClN2OS. The van der Waals surface area contributed by atoms with E-state index in [2.05, 4.69) is 11.6 Å². The number of carbonyl (C=O) groups excluding carboxylic acids is 1. The van der Waals surface area contributed by atoms with Gasteiger partial charge in [0.05, 0.1) is 5.54 Å². The standard InChI is InChI=1S/C11H22N2OS.ClH/c1-15-9-5-8-13-10(14)11(12)6-3-2-4-7-11;/h2-9,12H2,1H3,(H,13,14);1H. The van der Waals surface area contributed by atoms with Crippen LogP contribution in [0, 0.1) is 0 Å². The molecule has 1 amide bonds. The van der Waals surface area contributed by atoms with E-state index in [-0.39, 0.29) is 18.3 Å². The Labute approximate surface area is 109 Å². The van der Waals surface area contributed by atoms with Crippen LogP contribution in [0.25, 0.3) is 0 Å². The molecular weight excluding hydrogens is 244 g/mol. The molecule has 0 saturated heterocycles. The summed E-state index contributed by atoms with van der Waals surface area (Å²) in [5.41, 5.74) is 5.53. The van der Waals surface area contributed by atoms with E-state index in [1.807, 2.05) is 0 Å². The first-order valence-electron chi connectivity index (χ1n) is 5.75. The van der Waals surface area contributed by atoms with Gasteiger partial charge >= 0.3 is 0 Å². The molecule has 96 valence electrons. The third-order valence-electron chi connectivity index (χ3n) is 3.01. The normalized spacial score (nSPS) is 18.6. The average Bonchev–Trinajstić information content (AvgIpc) is 2.25. The second kappa shape index (κ2) is 8.20. The van der Waals surface area contributed by atoms with Crippen molar-refractivity contribution in [3.05, 3.63) is 0 Å². The maximum atomic E-state index is 11.8. The number of hydrogen-bond donors (Lipinski definition) is 2. The summed E-state index contributed by atoms with van der Waals surface area (Å²) in [7, 11) is 0. The first-order chi connectivity index (χ1) is 7.19. The van der Waals surface area contributed by atoms with Crippen molar-refractivity contribution in [1.82, 2.24) is 5.32 Å². The van der Waals surface area contributed by atoms with E-state index in [0.717, 1.165) is 44.4 Å². The Kier molecular flexibility index (Phi) is 8.24. The van der Waals surface area contributed by atoms with Crippen LogP contribution in [0.4, 0.5) is 0 Å². The van der Waals surface area contributed by atoms with Gasteiger partial charge in [0.2, 0.25) is 5.91 Å². The van der Waals surface area contributed by atoms with Gasteiger partial charge in [0.15, 0.2) is 0 Å². The highest BCUT2D eigenvalue weighted by molar-refractivity contribution is 7.98. The van der Waals surface area contributed by atoms with Crippen LogP contribution in [-0.2, 0) is 4.79 Å². The highest BCUT2D eigenvalue weighted by atomic mass is 35.5. The van der Waals surface area contributed by atoms with Crippen molar-refractivity contribution in [1.29, 1.82) is 0 Å². The molecule has 1 fully saturated rings. The zero-order chi connectivity index (χ0) is 11.1. The lowest BCUT2D eigenvalue weighted by atomic mass is 9.82. The van der Waals surface area contributed by atoms with E-state index in [1.165, 1.54) is 6.42 Å². The molecule has 0 heterocycles. The zero-order valence-corrected chi connectivity index (χ0v) is 11.6. The van der Waals surface area contributed by atoms with E-state index in [4.69, 9.17) is 5.73 Å². The molecule has 0 aromatic carbocycles. The van der Waals surface area contributed by atoms with Crippen LogP contribution in [0.15, 0.2) is 0 Å². The highest BCUT2D eigenvalue weighted by Gasteiger charge is 2.34. The van der Waals surface area contributed by atoms with Crippen LogP contribution in [0.1, 0.15) is 38.5 Å². The van der Waals surface area contributed by atoms with Crippen LogP contribution in [0.3, 0.4) is 0 Å². The zero-order valence-electron chi connectivity index (χ0n) is 9.96. The predicted octanol–water partition coefficient (Wildman–Crippen LogP) is 1.94. The van der Waals surface area contributed by atoms with Crippen LogP contribution in [0.2, 0.25) is 0 Å². The number of halogens is 1. The lowest BCUT2D eigenvalue weighted by molar-refractivity contribution is -0.127. The highest BCUT2D eigenvalue weighted by Crippen LogP contribution is 2.25. The molecule has 0 bridgehead atoms. The summed E-state index contributed by atoms with van der Waals surface area (Å²) >= 11 is 1.81. The maximum absolute atomic E-state index is 11.8. The van der Waals surface area contributed by atoms with Gasteiger partial charge in [0, 0.05) is 6.54 Å². The number of rotatable bonds is 5. The number of nitrogens with one attached hydrogen (secondary N) is 1. The Bertz CT molecular complexity index is 208. The fraction of sp³-hybridized carbons (Fsp3) is 0.909. The smallest absolute Gasteiger partial charge is 0.240 e. The second-order valence-electron chi connectivity index (χ2n) is 4.32. The van der Waals surface area contributed by atoms with Gasteiger partial charge in [0.1, 0.15) is 0 Å². The average molecular weight is 267 g/mol. The molecule has 0 radical (unpaired) electrons. The molecule has 3 nitrogen and oxygen atoms in total. The summed E-state index contributed by atoms with van der Waals surface area (Å²) in [6.07, 6.45) is 8.21. The van der Waals surface area contributed by atoms with Crippen molar-refractivity contribution < 1.29 is 4.79 Å². The SMILES string of the molecule is CSCCCNC(=O)C1(N)CCCCC1.Cl. The third kappa shape index (κ3) is 4.93. The molecule has 1 rings (SSSR count). The van der Waals surface area contributed by atoms with Gasteiger partial charge in [-0.2, -0.15) is 11.8 Å². The Morgan fingerprint density at radius 3 is 2.56 bits per heavy atom. The van der Waals surface area contributed by atoms with Gasteiger partial charge < -0.3 is 11.1 Å². The van der Waals surface area contributed by atoms with Crippen molar-refractivity contribution in [2.45, 2.75) is 44.1 Å². The van der Waals surface area contributed by atoms with E-state index in [9.17, 15) is 4.79 Å². The molecule has 1 aliphatic carbocycles.